The summed E-state index contributed by atoms with van der Waals surface area (Å²) in [6.45, 7) is 8.13. The van der Waals surface area contributed by atoms with Gasteiger partial charge in [-0.15, -0.1) is 0 Å². The third-order valence-corrected chi connectivity index (χ3v) is 3.91. The Kier molecular flexibility index (Phi) is 4.23. The smallest absolute Gasteiger partial charge is 0.129 e. The van der Waals surface area contributed by atoms with Gasteiger partial charge in [-0.2, -0.15) is 0 Å². The number of phenolic OH excluding ortho intramolecular Hbond substituents is 1. The summed E-state index contributed by atoms with van der Waals surface area (Å²) in [4.78, 5) is 0. The van der Waals surface area contributed by atoms with E-state index in [1.807, 2.05) is 26.0 Å². The molecule has 96 valence electrons. The molecule has 1 rings (SSSR count). The number of nitrogens with one attached hydrogen (secondary N) is 1. The van der Waals surface area contributed by atoms with Crippen molar-refractivity contribution < 1.29 is 10.2 Å². The summed E-state index contributed by atoms with van der Waals surface area (Å²) in [7, 11) is 0. The van der Waals surface area contributed by atoms with E-state index in [0.29, 0.717) is 11.0 Å². The minimum atomic E-state index is -0.804. The second-order valence-corrected chi connectivity index (χ2v) is 6.18. The van der Waals surface area contributed by atoms with Gasteiger partial charge in [0, 0.05) is 12.1 Å². The van der Waals surface area contributed by atoms with E-state index in [-0.39, 0.29) is 5.75 Å². The minimum Gasteiger partial charge on any atom is -0.507 e. The van der Waals surface area contributed by atoms with Crippen LogP contribution in [0.25, 0.3) is 0 Å². The van der Waals surface area contributed by atoms with Gasteiger partial charge in [0.2, 0.25) is 0 Å². The molecule has 3 nitrogen and oxygen atoms in total. The average molecular weight is 302 g/mol. The SMILES string of the molecule is CC(C)(O)C(C)(C)NCc1ccc(O)c(Br)c1. The number of halogens is 1. The number of phenols is 1. The zero-order valence-electron chi connectivity index (χ0n) is 10.7. The summed E-state index contributed by atoms with van der Waals surface area (Å²) in [5.41, 5.74) is -0.148. The van der Waals surface area contributed by atoms with Gasteiger partial charge in [-0.25, -0.2) is 0 Å². The Bertz CT molecular complexity index is 397. The van der Waals surface area contributed by atoms with Gasteiger partial charge < -0.3 is 15.5 Å². The third kappa shape index (κ3) is 3.69. The van der Waals surface area contributed by atoms with Crippen molar-refractivity contribution in [1.29, 1.82) is 0 Å². The van der Waals surface area contributed by atoms with E-state index >= 15 is 0 Å². The predicted molar refractivity (Wildman–Crippen MR) is 73.0 cm³/mol. The maximum atomic E-state index is 10.0. The predicted octanol–water partition coefficient (Wildman–Crippen LogP) is 2.79. The molecule has 0 spiro atoms. The molecule has 17 heavy (non-hydrogen) atoms. The summed E-state index contributed by atoms with van der Waals surface area (Å²) in [6.07, 6.45) is 0. The molecule has 0 saturated carbocycles. The molecule has 0 saturated heterocycles. The molecule has 3 N–H and O–H groups in total. The summed E-state index contributed by atoms with van der Waals surface area (Å²) < 4.78 is 0.679. The monoisotopic (exact) mass is 301 g/mol. The first-order valence-electron chi connectivity index (χ1n) is 5.58. The lowest BCUT2D eigenvalue weighted by Gasteiger charge is -2.38. The Balaban J connectivity index is 2.71. The zero-order valence-corrected chi connectivity index (χ0v) is 12.3. The molecule has 1 aromatic carbocycles. The van der Waals surface area contributed by atoms with Crippen LogP contribution < -0.4 is 5.32 Å². The molecule has 1 aromatic rings. The topological polar surface area (TPSA) is 52.5 Å². The van der Waals surface area contributed by atoms with Gasteiger partial charge >= 0.3 is 0 Å². The van der Waals surface area contributed by atoms with Gasteiger partial charge in [-0.05, 0) is 61.3 Å². The highest BCUT2D eigenvalue weighted by Crippen LogP contribution is 2.25. The van der Waals surface area contributed by atoms with E-state index < -0.39 is 11.1 Å². The van der Waals surface area contributed by atoms with Gasteiger partial charge in [0.05, 0.1) is 10.1 Å². The first-order chi connectivity index (χ1) is 7.63. The molecule has 0 amide bonds. The zero-order chi connectivity index (χ0) is 13.3. The van der Waals surface area contributed by atoms with Crippen molar-refractivity contribution in [1.82, 2.24) is 5.32 Å². The number of benzene rings is 1. The van der Waals surface area contributed by atoms with Crippen molar-refractivity contribution >= 4 is 15.9 Å². The molecule has 0 aliphatic rings. The Labute approximate surface area is 111 Å². The Morgan fingerprint density at radius 2 is 1.82 bits per heavy atom. The van der Waals surface area contributed by atoms with Crippen LogP contribution in [0.3, 0.4) is 0 Å². The number of hydrogen-bond acceptors (Lipinski definition) is 3. The fraction of sp³-hybridized carbons (Fsp3) is 0.538. The third-order valence-electron chi connectivity index (χ3n) is 3.28. The highest BCUT2D eigenvalue weighted by Gasteiger charge is 2.34. The van der Waals surface area contributed by atoms with Crippen LogP contribution in [0.2, 0.25) is 0 Å². The molecule has 0 unspecified atom stereocenters. The van der Waals surface area contributed by atoms with E-state index in [1.54, 1.807) is 19.9 Å². The minimum absolute atomic E-state index is 0.232. The Morgan fingerprint density at radius 1 is 1.24 bits per heavy atom. The normalized spacial score (nSPS) is 12.8. The summed E-state index contributed by atoms with van der Waals surface area (Å²) in [5, 5.41) is 22.7. The first-order valence-corrected chi connectivity index (χ1v) is 6.37. The van der Waals surface area contributed by atoms with Crippen LogP contribution in [0.5, 0.6) is 5.75 Å². The van der Waals surface area contributed by atoms with Gasteiger partial charge in [-0.1, -0.05) is 6.07 Å². The van der Waals surface area contributed by atoms with Crippen LogP contribution in [-0.4, -0.2) is 21.4 Å². The van der Waals surface area contributed by atoms with E-state index in [2.05, 4.69) is 21.2 Å². The second-order valence-electron chi connectivity index (χ2n) is 5.32. The van der Waals surface area contributed by atoms with E-state index in [4.69, 9.17) is 0 Å². The number of hydrogen-bond donors (Lipinski definition) is 3. The summed E-state index contributed by atoms with van der Waals surface area (Å²) >= 11 is 3.28. The molecule has 0 radical (unpaired) electrons. The van der Waals surface area contributed by atoms with Crippen LogP contribution in [-0.2, 0) is 6.54 Å². The lowest BCUT2D eigenvalue weighted by molar-refractivity contribution is -0.00532. The van der Waals surface area contributed by atoms with E-state index in [1.165, 1.54) is 0 Å². The average Bonchev–Trinajstić information content (AvgIpc) is 2.18. The van der Waals surface area contributed by atoms with Gasteiger partial charge in [0.25, 0.3) is 0 Å². The molecule has 0 atom stereocenters. The van der Waals surface area contributed by atoms with E-state index in [9.17, 15) is 10.2 Å². The molecule has 0 heterocycles. The maximum Gasteiger partial charge on any atom is 0.129 e. The number of aromatic hydroxyl groups is 1. The fourth-order valence-corrected chi connectivity index (χ4v) is 1.63. The summed E-state index contributed by atoms with van der Waals surface area (Å²) in [5.74, 6) is 0.232. The number of aliphatic hydroxyl groups is 1. The second kappa shape index (κ2) is 4.96. The Hall–Kier alpha value is -0.580. The van der Waals surface area contributed by atoms with Crippen molar-refractivity contribution in [2.75, 3.05) is 0 Å². The molecule has 0 aromatic heterocycles. The fourth-order valence-electron chi connectivity index (χ4n) is 1.20. The van der Waals surface area contributed by atoms with Gasteiger partial charge in [0.1, 0.15) is 5.75 Å². The highest BCUT2D eigenvalue weighted by molar-refractivity contribution is 9.10. The van der Waals surface area contributed by atoms with Crippen molar-refractivity contribution in [3.8, 4) is 5.75 Å². The van der Waals surface area contributed by atoms with Gasteiger partial charge in [0.15, 0.2) is 0 Å². The van der Waals surface area contributed by atoms with Crippen LogP contribution in [0.4, 0.5) is 0 Å². The standard InChI is InChI=1S/C13H20BrNO2/c1-12(2,13(3,4)17)15-8-9-5-6-11(16)10(14)7-9/h5-7,15-17H,8H2,1-4H3. The molecule has 0 aliphatic heterocycles. The number of rotatable bonds is 4. The molecule has 0 aliphatic carbocycles. The van der Waals surface area contributed by atoms with Crippen molar-refractivity contribution in [3.05, 3.63) is 28.2 Å². The van der Waals surface area contributed by atoms with Crippen LogP contribution in [0.15, 0.2) is 22.7 Å². The molecular formula is C13H20BrNO2. The maximum absolute atomic E-state index is 10.0. The molecule has 0 bridgehead atoms. The van der Waals surface area contributed by atoms with Crippen LogP contribution in [0, 0.1) is 0 Å². The highest BCUT2D eigenvalue weighted by atomic mass is 79.9. The van der Waals surface area contributed by atoms with Crippen molar-refractivity contribution in [3.63, 3.8) is 0 Å². The molecule has 0 fully saturated rings. The van der Waals surface area contributed by atoms with Crippen molar-refractivity contribution in [2.45, 2.75) is 45.4 Å². The van der Waals surface area contributed by atoms with Crippen LogP contribution >= 0.6 is 15.9 Å². The lowest BCUT2D eigenvalue weighted by atomic mass is 9.86. The van der Waals surface area contributed by atoms with Crippen LogP contribution in [0.1, 0.15) is 33.3 Å². The van der Waals surface area contributed by atoms with Crippen molar-refractivity contribution in [2.24, 2.45) is 0 Å². The van der Waals surface area contributed by atoms with Gasteiger partial charge in [-0.3, -0.25) is 0 Å². The molecular weight excluding hydrogens is 282 g/mol. The largest absolute Gasteiger partial charge is 0.507 e. The quantitative estimate of drug-likeness (QED) is 0.801. The molecule has 4 heteroatoms. The first kappa shape index (κ1) is 14.5. The Morgan fingerprint density at radius 3 is 2.29 bits per heavy atom. The van der Waals surface area contributed by atoms with E-state index in [0.717, 1.165) is 5.56 Å². The lowest BCUT2D eigenvalue weighted by Crippen LogP contribution is -2.55. The summed E-state index contributed by atoms with van der Waals surface area (Å²) in [6, 6.07) is 5.37.